The van der Waals surface area contributed by atoms with Crippen molar-refractivity contribution < 1.29 is 14.7 Å². The van der Waals surface area contributed by atoms with Gasteiger partial charge in [-0.2, -0.15) is 5.10 Å². The number of benzene rings is 2. The molecule has 0 spiro atoms. The first-order valence-corrected chi connectivity index (χ1v) is 7.94. The van der Waals surface area contributed by atoms with Crippen LogP contribution in [0.2, 0.25) is 0 Å². The molecule has 0 unspecified atom stereocenters. The molecule has 0 radical (unpaired) electrons. The maximum absolute atomic E-state index is 11.8. The minimum atomic E-state index is -0.886. The van der Waals surface area contributed by atoms with Gasteiger partial charge in [-0.3, -0.25) is 9.59 Å². The van der Waals surface area contributed by atoms with Crippen molar-refractivity contribution in [1.82, 2.24) is 10.7 Å². The molecule has 0 fully saturated rings. The average Bonchev–Trinajstić information content (AvgIpc) is 2.58. The van der Waals surface area contributed by atoms with Crippen LogP contribution >= 0.6 is 15.9 Å². The molecule has 3 N–H and O–H groups in total. The molecule has 1 atom stereocenters. The number of amides is 2. The summed E-state index contributed by atoms with van der Waals surface area (Å²) in [6, 6.07) is 13.8. The van der Waals surface area contributed by atoms with Crippen LogP contribution in [0.1, 0.15) is 24.1 Å². The highest BCUT2D eigenvalue weighted by atomic mass is 79.9. The molecule has 24 heavy (non-hydrogen) atoms. The van der Waals surface area contributed by atoms with Crippen molar-refractivity contribution in [3.8, 4) is 5.75 Å². The maximum Gasteiger partial charge on any atom is 0.329 e. The molecule has 0 aliphatic heterocycles. The Bertz CT molecular complexity index is 763. The lowest BCUT2D eigenvalue weighted by Crippen LogP contribution is -2.39. The van der Waals surface area contributed by atoms with Gasteiger partial charge < -0.3 is 10.4 Å². The zero-order valence-corrected chi connectivity index (χ0v) is 14.4. The van der Waals surface area contributed by atoms with E-state index in [0.29, 0.717) is 5.56 Å². The second-order valence-corrected chi connectivity index (χ2v) is 5.92. The van der Waals surface area contributed by atoms with Gasteiger partial charge in [-0.25, -0.2) is 5.43 Å². The van der Waals surface area contributed by atoms with Crippen LogP contribution in [0.15, 0.2) is 58.1 Å². The Balaban J connectivity index is 1.91. The Morgan fingerprint density at radius 1 is 1.17 bits per heavy atom. The van der Waals surface area contributed by atoms with Crippen LogP contribution < -0.4 is 10.7 Å². The van der Waals surface area contributed by atoms with Crippen LogP contribution in [0.5, 0.6) is 5.75 Å². The molecule has 2 amide bonds. The summed E-state index contributed by atoms with van der Waals surface area (Å²) in [6.45, 7) is 1.78. The van der Waals surface area contributed by atoms with E-state index >= 15 is 0 Å². The molecule has 0 aliphatic carbocycles. The smallest absolute Gasteiger partial charge is 0.329 e. The number of hydrogen-bond acceptors (Lipinski definition) is 4. The van der Waals surface area contributed by atoms with E-state index in [1.807, 2.05) is 30.3 Å². The molecule has 0 aromatic heterocycles. The highest BCUT2D eigenvalue weighted by Crippen LogP contribution is 2.19. The Kier molecular flexibility index (Phi) is 6.08. The summed E-state index contributed by atoms with van der Waals surface area (Å²) in [5.74, 6) is -1.66. The Morgan fingerprint density at radius 3 is 2.58 bits per heavy atom. The quantitative estimate of drug-likeness (QED) is 0.426. The number of phenolic OH excluding ortho intramolecular Hbond substituents is 1. The van der Waals surface area contributed by atoms with Gasteiger partial charge in [0.05, 0.1) is 12.3 Å². The number of nitrogens with one attached hydrogen (secondary N) is 2. The number of hydrogen-bond donors (Lipinski definition) is 3. The summed E-state index contributed by atoms with van der Waals surface area (Å²) in [6.07, 6.45) is 1.26. The van der Waals surface area contributed by atoms with Crippen molar-refractivity contribution in [2.24, 2.45) is 5.10 Å². The van der Waals surface area contributed by atoms with E-state index in [-0.39, 0.29) is 11.8 Å². The molecule has 7 heteroatoms. The predicted molar refractivity (Wildman–Crippen MR) is 94.5 cm³/mol. The average molecular weight is 390 g/mol. The van der Waals surface area contributed by atoms with E-state index in [0.717, 1.165) is 10.0 Å². The number of hydrazone groups is 1. The van der Waals surface area contributed by atoms with Crippen LogP contribution in [0.25, 0.3) is 0 Å². The van der Waals surface area contributed by atoms with Crippen LogP contribution in [-0.4, -0.2) is 23.1 Å². The van der Waals surface area contributed by atoms with Crippen LogP contribution in [0.4, 0.5) is 0 Å². The zero-order chi connectivity index (χ0) is 17.5. The Hall–Kier alpha value is -2.67. The van der Waals surface area contributed by atoms with Crippen molar-refractivity contribution >= 4 is 34.0 Å². The first kappa shape index (κ1) is 17.7. The molecule has 2 aromatic carbocycles. The fourth-order valence-electron chi connectivity index (χ4n) is 1.93. The van der Waals surface area contributed by atoms with E-state index in [1.54, 1.807) is 19.1 Å². The summed E-state index contributed by atoms with van der Waals surface area (Å²) < 4.78 is 0.752. The van der Waals surface area contributed by atoms with E-state index in [2.05, 4.69) is 31.8 Å². The molecule has 0 heterocycles. The van der Waals surface area contributed by atoms with Gasteiger partial charge in [0, 0.05) is 10.0 Å². The Morgan fingerprint density at radius 2 is 1.88 bits per heavy atom. The summed E-state index contributed by atoms with van der Waals surface area (Å²) in [5.41, 5.74) is 3.42. The summed E-state index contributed by atoms with van der Waals surface area (Å²) in [4.78, 5) is 23.6. The van der Waals surface area contributed by atoms with Gasteiger partial charge in [0.1, 0.15) is 5.75 Å². The first-order chi connectivity index (χ1) is 11.5. The molecular weight excluding hydrogens is 374 g/mol. The zero-order valence-electron chi connectivity index (χ0n) is 12.9. The van der Waals surface area contributed by atoms with Gasteiger partial charge in [0.2, 0.25) is 0 Å². The molecule has 2 rings (SSSR count). The molecule has 0 saturated carbocycles. The van der Waals surface area contributed by atoms with Crippen molar-refractivity contribution in [2.45, 2.75) is 13.0 Å². The van der Waals surface area contributed by atoms with E-state index in [4.69, 9.17) is 0 Å². The second kappa shape index (κ2) is 8.26. The van der Waals surface area contributed by atoms with Crippen molar-refractivity contribution in [1.29, 1.82) is 0 Å². The molecule has 0 aliphatic rings. The summed E-state index contributed by atoms with van der Waals surface area (Å²) in [5, 5.41) is 15.9. The highest BCUT2D eigenvalue weighted by molar-refractivity contribution is 9.10. The van der Waals surface area contributed by atoms with Gasteiger partial charge in [-0.05, 0) is 30.7 Å². The van der Waals surface area contributed by atoms with E-state index < -0.39 is 11.8 Å². The number of nitrogens with zero attached hydrogens (tertiary/aromatic N) is 1. The minimum Gasteiger partial charge on any atom is -0.507 e. The summed E-state index contributed by atoms with van der Waals surface area (Å²) in [7, 11) is 0. The number of rotatable bonds is 4. The third kappa shape index (κ3) is 4.92. The number of halogens is 1. The van der Waals surface area contributed by atoms with Crippen LogP contribution in [0, 0.1) is 0 Å². The first-order valence-electron chi connectivity index (χ1n) is 7.14. The normalized spacial score (nSPS) is 11.9. The van der Waals surface area contributed by atoms with Gasteiger partial charge in [0.25, 0.3) is 0 Å². The number of carbonyl (C=O) groups is 2. The highest BCUT2D eigenvalue weighted by Gasteiger charge is 2.16. The topological polar surface area (TPSA) is 90.8 Å². The van der Waals surface area contributed by atoms with E-state index in [9.17, 15) is 14.7 Å². The lowest BCUT2D eigenvalue weighted by molar-refractivity contribution is -0.139. The van der Waals surface area contributed by atoms with Crippen molar-refractivity contribution in [2.75, 3.05) is 0 Å². The standard InChI is InChI=1S/C17H16BrN3O3/c1-11(12-5-3-2-4-6-12)20-16(23)17(24)21-19-10-13-9-14(18)7-8-15(13)22/h2-11,22H,1H3,(H,20,23)(H,21,24)/b19-10+/t11-/m0/s1. The molecule has 6 nitrogen and oxygen atoms in total. The third-order valence-electron chi connectivity index (χ3n) is 3.21. The van der Waals surface area contributed by atoms with Gasteiger partial charge in [0.15, 0.2) is 0 Å². The fourth-order valence-corrected chi connectivity index (χ4v) is 2.31. The maximum atomic E-state index is 11.8. The number of phenols is 1. The van der Waals surface area contributed by atoms with Crippen molar-refractivity contribution in [3.63, 3.8) is 0 Å². The van der Waals surface area contributed by atoms with Gasteiger partial charge in [-0.1, -0.05) is 46.3 Å². The van der Waals surface area contributed by atoms with Crippen molar-refractivity contribution in [3.05, 3.63) is 64.1 Å². The minimum absolute atomic E-state index is 0.0124. The second-order valence-electron chi connectivity index (χ2n) is 5.01. The number of carbonyl (C=O) groups excluding carboxylic acids is 2. The summed E-state index contributed by atoms with van der Waals surface area (Å²) >= 11 is 3.27. The predicted octanol–water partition coefficient (Wildman–Crippen LogP) is 2.48. The lowest BCUT2D eigenvalue weighted by Gasteiger charge is -2.13. The van der Waals surface area contributed by atoms with E-state index in [1.165, 1.54) is 12.3 Å². The number of aromatic hydroxyl groups is 1. The molecular formula is C17H16BrN3O3. The lowest BCUT2D eigenvalue weighted by atomic mass is 10.1. The monoisotopic (exact) mass is 389 g/mol. The van der Waals surface area contributed by atoms with Crippen LogP contribution in [0.3, 0.4) is 0 Å². The third-order valence-corrected chi connectivity index (χ3v) is 3.71. The van der Waals surface area contributed by atoms with Gasteiger partial charge in [-0.15, -0.1) is 0 Å². The molecule has 0 bridgehead atoms. The SMILES string of the molecule is C[C@H](NC(=O)C(=O)N/N=C/c1cc(Br)ccc1O)c1ccccc1. The fraction of sp³-hybridized carbons (Fsp3) is 0.118. The largest absolute Gasteiger partial charge is 0.507 e. The molecule has 124 valence electrons. The molecule has 2 aromatic rings. The van der Waals surface area contributed by atoms with Crippen LogP contribution in [-0.2, 0) is 9.59 Å². The Labute approximate surface area is 147 Å². The molecule has 0 saturated heterocycles. The van der Waals surface area contributed by atoms with Gasteiger partial charge >= 0.3 is 11.8 Å².